The molecule has 2 N–H and O–H groups in total. The van der Waals surface area contributed by atoms with Crippen LogP contribution in [0.4, 0.5) is 0 Å². The number of rotatable bonds is 1. The van der Waals surface area contributed by atoms with Crippen molar-refractivity contribution in [2.75, 3.05) is 13.3 Å². The fourth-order valence-electron chi connectivity index (χ4n) is 1.45. The Morgan fingerprint density at radius 2 is 2.50 bits per heavy atom. The maximum absolute atomic E-state index is 11.1. The van der Waals surface area contributed by atoms with Crippen molar-refractivity contribution in [3.05, 3.63) is 0 Å². The van der Waals surface area contributed by atoms with E-state index in [0.29, 0.717) is 0 Å². The number of hydrogen-bond donors (Lipinski definition) is 2. The summed E-state index contributed by atoms with van der Waals surface area (Å²) in [5.74, 6) is -1.92. The summed E-state index contributed by atoms with van der Waals surface area (Å²) in [6, 6.07) is 0. The van der Waals surface area contributed by atoms with Crippen LogP contribution in [0.15, 0.2) is 0 Å². The van der Waals surface area contributed by atoms with Gasteiger partial charge in [-0.2, -0.15) is 0 Å². The normalized spacial score (nSPS) is 39.3. The minimum Gasteiger partial charge on any atom is -0.479 e. The number of carboxylic acids is 1. The molecule has 0 aromatic heterocycles. The van der Waals surface area contributed by atoms with Crippen molar-refractivity contribution in [1.82, 2.24) is 5.32 Å². The molecular weight excluding hydrogens is 166 g/mol. The smallest absolute Gasteiger partial charge is 0.348 e. The largest absolute Gasteiger partial charge is 0.479 e. The Bertz CT molecular complexity index is 252. The quantitative estimate of drug-likeness (QED) is 0.462. The van der Waals surface area contributed by atoms with Crippen molar-refractivity contribution in [3.63, 3.8) is 0 Å². The summed E-state index contributed by atoms with van der Waals surface area (Å²) in [5.41, 5.74) is -1.79. The summed E-state index contributed by atoms with van der Waals surface area (Å²) in [4.78, 5) is 21.9. The first kappa shape index (κ1) is 7.51. The van der Waals surface area contributed by atoms with Crippen LogP contribution in [-0.4, -0.2) is 42.0 Å². The molecule has 2 aliphatic rings. The highest BCUT2D eigenvalue weighted by Gasteiger charge is 2.62. The van der Waals surface area contributed by atoms with Gasteiger partial charge in [0.25, 0.3) is 11.5 Å². The molecule has 2 unspecified atom stereocenters. The van der Waals surface area contributed by atoms with Crippen LogP contribution in [0.1, 0.15) is 0 Å². The molecule has 1 amide bonds. The highest BCUT2D eigenvalue weighted by atomic mass is 16.7. The van der Waals surface area contributed by atoms with Crippen LogP contribution in [0.2, 0.25) is 0 Å². The third-order valence-electron chi connectivity index (χ3n) is 2.11. The number of ether oxygens (including phenoxy) is 2. The first-order valence-corrected chi connectivity index (χ1v) is 3.45. The van der Waals surface area contributed by atoms with Crippen LogP contribution in [-0.2, 0) is 19.1 Å². The molecule has 12 heavy (non-hydrogen) atoms. The second kappa shape index (κ2) is 2.18. The molecule has 2 heterocycles. The van der Waals surface area contributed by atoms with Crippen LogP contribution >= 0.6 is 0 Å². The molecule has 2 fully saturated rings. The summed E-state index contributed by atoms with van der Waals surface area (Å²) in [6.45, 7) is 0.0650. The highest BCUT2D eigenvalue weighted by molar-refractivity contribution is 6.08. The molecule has 0 aromatic carbocycles. The van der Waals surface area contributed by atoms with Gasteiger partial charge in [0.1, 0.15) is 12.9 Å². The Morgan fingerprint density at radius 1 is 1.75 bits per heavy atom. The second-order valence-corrected chi connectivity index (χ2v) is 2.67. The van der Waals surface area contributed by atoms with Gasteiger partial charge in [-0.15, -0.1) is 0 Å². The molecule has 2 rings (SSSR count). The number of nitrogens with one attached hydrogen (secondary N) is 1. The number of hydrogen-bond acceptors (Lipinski definition) is 4. The average Bonchev–Trinajstić information content (AvgIpc) is 2.52. The molecule has 2 saturated heterocycles. The summed E-state index contributed by atoms with van der Waals surface area (Å²) in [7, 11) is 0. The van der Waals surface area contributed by atoms with Gasteiger partial charge in [-0.1, -0.05) is 0 Å². The lowest BCUT2D eigenvalue weighted by molar-refractivity contribution is -0.165. The number of aliphatic carboxylic acids is 1. The van der Waals surface area contributed by atoms with Crippen LogP contribution in [0, 0.1) is 0 Å². The average molecular weight is 173 g/mol. The third-order valence-corrected chi connectivity index (χ3v) is 2.11. The van der Waals surface area contributed by atoms with E-state index in [9.17, 15) is 9.59 Å². The fraction of sp³-hybridized carbons (Fsp3) is 0.667. The minimum absolute atomic E-state index is 0.135. The Hall–Kier alpha value is -1.14. The van der Waals surface area contributed by atoms with Gasteiger partial charge in [0.2, 0.25) is 0 Å². The molecule has 6 heteroatoms. The van der Waals surface area contributed by atoms with Crippen molar-refractivity contribution in [2.45, 2.75) is 11.7 Å². The van der Waals surface area contributed by atoms with E-state index in [1.165, 1.54) is 0 Å². The van der Waals surface area contributed by atoms with Gasteiger partial charge >= 0.3 is 5.97 Å². The number of carboxylic acid groups (broad SMARTS) is 1. The number of fused-ring (bicyclic) bond motifs is 1. The summed E-state index contributed by atoms with van der Waals surface area (Å²) in [6.07, 6.45) is -0.692. The molecule has 6 nitrogen and oxygen atoms in total. The standard InChI is InChI=1S/C6H7NO5/c8-4-6(5(9)10)3(1-7-4)11-2-12-6/h3H,1-2H2,(H,7,8)(H,9,10). The maximum Gasteiger partial charge on any atom is 0.348 e. The SMILES string of the molecule is O=C(O)C12OCOC1CNC2=O. The van der Waals surface area contributed by atoms with Crippen molar-refractivity contribution in [3.8, 4) is 0 Å². The molecular formula is C6H7NO5. The van der Waals surface area contributed by atoms with E-state index in [4.69, 9.17) is 14.6 Å². The molecule has 66 valence electrons. The van der Waals surface area contributed by atoms with Gasteiger partial charge in [0, 0.05) is 6.54 Å². The summed E-state index contributed by atoms with van der Waals surface area (Å²) < 4.78 is 9.73. The van der Waals surface area contributed by atoms with E-state index < -0.39 is 23.6 Å². The number of amides is 1. The molecule has 0 spiro atoms. The lowest BCUT2D eigenvalue weighted by Gasteiger charge is -2.16. The Kier molecular flexibility index (Phi) is 1.36. The number of carbonyl (C=O) groups is 2. The van der Waals surface area contributed by atoms with E-state index in [0.717, 1.165) is 0 Å². The van der Waals surface area contributed by atoms with E-state index in [-0.39, 0.29) is 13.3 Å². The Morgan fingerprint density at radius 3 is 3.08 bits per heavy atom. The minimum atomic E-state index is -1.79. The predicted molar refractivity (Wildman–Crippen MR) is 34.2 cm³/mol. The second-order valence-electron chi connectivity index (χ2n) is 2.67. The summed E-state index contributed by atoms with van der Waals surface area (Å²) >= 11 is 0. The van der Waals surface area contributed by atoms with Gasteiger partial charge in [-0.05, 0) is 0 Å². The van der Waals surface area contributed by atoms with Gasteiger partial charge < -0.3 is 19.9 Å². The summed E-state index contributed by atoms with van der Waals surface area (Å²) in [5, 5.41) is 11.2. The van der Waals surface area contributed by atoms with Gasteiger partial charge in [0.15, 0.2) is 0 Å². The van der Waals surface area contributed by atoms with Crippen molar-refractivity contribution < 1.29 is 24.2 Å². The van der Waals surface area contributed by atoms with E-state index in [1.807, 2.05) is 0 Å². The van der Waals surface area contributed by atoms with Crippen LogP contribution in [0.3, 0.4) is 0 Å². The topological polar surface area (TPSA) is 84.9 Å². The van der Waals surface area contributed by atoms with Gasteiger partial charge in [-0.3, -0.25) is 4.79 Å². The lowest BCUT2D eigenvalue weighted by Crippen LogP contribution is -2.51. The molecule has 0 radical (unpaired) electrons. The van der Waals surface area contributed by atoms with Crippen LogP contribution in [0.25, 0.3) is 0 Å². The highest BCUT2D eigenvalue weighted by Crippen LogP contribution is 2.30. The fourth-order valence-corrected chi connectivity index (χ4v) is 1.45. The van der Waals surface area contributed by atoms with E-state index >= 15 is 0 Å². The monoisotopic (exact) mass is 173 g/mol. The van der Waals surface area contributed by atoms with Crippen LogP contribution < -0.4 is 5.32 Å². The molecule has 0 aromatic rings. The first-order chi connectivity index (χ1) is 5.68. The molecule has 2 aliphatic heterocycles. The van der Waals surface area contributed by atoms with Crippen molar-refractivity contribution in [2.24, 2.45) is 0 Å². The third kappa shape index (κ3) is 0.657. The zero-order valence-electron chi connectivity index (χ0n) is 6.07. The van der Waals surface area contributed by atoms with Crippen molar-refractivity contribution >= 4 is 11.9 Å². The predicted octanol–water partition coefficient (Wildman–Crippen LogP) is -1.69. The Labute approximate surface area is 67.4 Å². The van der Waals surface area contributed by atoms with Gasteiger partial charge in [0.05, 0.1) is 0 Å². The molecule has 0 bridgehead atoms. The molecule has 2 atom stereocenters. The number of carbonyl (C=O) groups excluding carboxylic acids is 1. The Balaban J connectivity index is 2.40. The maximum atomic E-state index is 11.1. The van der Waals surface area contributed by atoms with Gasteiger partial charge in [-0.25, -0.2) is 4.79 Å². The zero-order valence-corrected chi connectivity index (χ0v) is 6.07. The van der Waals surface area contributed by atoms with Crippen molar-refractivity contribution in [1.29, 1.82) is 0 Å². The van der Waals surface area contributed by atoms with E-state index in [1.54, 1.807) is 0 Å². The molecule has 0 aliphatic carbocycles. The van der Waals surface area contributed by atoms with Crippen LogP contribution in [0.5, 0.6) is 0 Å². The lowest BCUT2D eigenvalue weighted by atomic mass is 10.0. The van der Waals surface area contributed by atoms with E-state index in [2.05, 4.69) is 5.32 Å². The zero-order chi connectivity index (χ0) is 8.77. The molecule has 0 saturated carbocycles. The first-order valence-electron chi connectivity index (χ1n) is 3.45.